The third kappa shape index (κ3) is 11.4. The van der Waals surface area contributed by atoms with Gasteiger partial charge in [-0.2, -0.15) is 0 Å². The molecular weight excluding hydrogens is 210 g/mol. The minimum absolute atomic E-state index is 0.0258. The van der Waals surface area contributed by atoms with Crippen molar-refractivity contribution < 1.29 is 19.0 Å². The molecule has 0 fully saturated rings. The van der Waals surface area contributed by atoms with Gasteiger partial charge < -0.3 is 19.5 Å². The number of nitrogens with one attached hydrogen (secondary N) is 1. The average molecular weight is 233 g/mol. The SMILES string of the molecule is CCOC(=O)COCCNCCOC(C)C. The number of carbonyl (C=O) groups is 1. The second-order valence-electron chi connectivity index (χ2n) is 3.53. The molecule has 5 heteroatoms. The summed E-state index contributed by atoms with van der Waals surface area (Å²) in [5.74, 6) is -0.314. The van der Waals surface area contributed by atoms with Crippen LogP contribution < -0.4 is 5.32 Å². The highest BCUT2D eigenvalue weighted by molar-refractivity contribution is 5.70. The van der Waals surface area contributed by atoms with Crippen molar-refractivity contribution in [1.29, 1.82) is 0 Å². The topological polar surface area (TPSA) is 56.8 Å². The van der Waals surface area contributed by atoms with E-state index in [-0.39, 0.29) is 18.7 Å². The van der Waals surface area contributed by atoms with Crippen molar-refractivity contribution in [3.05, 3.63) is 0 Å². The molecule has 0 spiro atoms. The third-order valence-corrected chi connectivity index (χ3v) is 1.68. The molecule has 1 N–H and O–H groups in total. The fourth-order valence-corrected chi connectivity index (χ4v) is 0.994. The number of ether oxygens (including phenoxy) is 3. The molecular formula is C11H23NO4. The van der Waals surface area contributed by atoms with Crippen LogP contribution in [-0.2, 0) is 19.0 Å². The molecule has 0 aromatic heterocycles. The normalized spacial score (nSPS) is 10.8. The maximum Gasteiger partial charge on any atom is 0.332 e. The van der Waals surface area contributed by atoms with Crippen LogP contribution in [0.2, 0.25) is 0 Å². The number of rotatable bonds is 10. The predicted molar refractivity (Wildman–Crippen MR) is 61.4 cm³/mol. The zero-order chi connectivity index (χ0) is 12.2. The van der Waals surface area contributed by atoms with E-state index < -0.39 is 0 Å². The number of hydrogen-bond acceptors (Lipinski definition) is 5. The summed E-state index contributed by atoms with van der Waals surface area (Å²) in [4.78, 5) is 10.9. The molecule has 0 saturated heterocycles. The summed E-state index contributed by atoms with van der Waals surface area (Å²) in [6.07, 6.45) is 0.266. The highest BCUT2D eigenvalue weighted by Gasteiger charge is 2.00. The van der Waals surface area contributed by atoms with Crippen LogP contribution in [0.25, 0.3) is 0 Å². The monoisotopic (exact) mass is 233 g/mol. The van der Waals surface area contributed by atoms with Gasteiger partial charge in [-0.1, -0.05) is 0 Å². The molecule has 0 aliphatic rings. The van der Waals surface area contributed by atoms with Crippen LogP contribution in [0.4, 0.5) is 0 Å². The van der Waals surface area contributed by atoms with Gasteiger partial charge >= 0.3 is 5.97 Å². The highest BCUT2D eigenvalue weighted by atomic mass is 16.6. The van der Waals surface area contributed by atoms with E-state index in [1.165, 1.54) is 0 Å². The molecule has 0 heterocycles. The van der Waals surface area contributed by atoms with Crippen LogP contribution in [0.15, 0.2) is 0 Å². The molecule has 0 aliphatic heterocycles. The third-order valence-electron chi connectivity index (χ3n) is 1.68. The highest BCUT2D eigenvalue weighted by Crippen LogP contribution is 1.85. The van der Waals surface area contributed by atoms with Gasteiger partial charge in [-0.15, -0.1) is 0 Å². The average Bonchev–Trinajstić information content (AvgIpc) is 2.22. The van der Waals surface area contributed by atoms with Crippen LogP contribution in [0.1, 0.15) is 20.8 Å². The van der Waals surface area contributed by atoms with Crippen molar-refractivity contribution in [1.82, 2.24) is 5.32 Å². The van der Waals surface area contributed by atoms with Crippen molar-refractivity contribution in [3.8, 4) is 0 Å². The van der Waals surface area contributed by atoms with Crippen molar-refractivity contribution in [3.63, 3.8) is 0 Å². The lowest BCUT2D eigenvalue weighted by molar-refractivity contribution is -0.148. The standard InChI is InChI=1S/C11H23NO4/c1-4-15-11(13)9-14-7-5-12-6-8-16-10(2)3/h10,12H,4-9H2,1-3H3. The van der Waals surface area contributed by atoms with Gasteiger partial charge in [0.25, 0.3) is 0 Å². The van der Waals surface area contributed by atoms with E-state index in [1.54, 1.807) is 6.92 Å². The Hall–Kier alpha value is -0.650. The van der Waals surface area contributed by atoms with Crippen LogP contribution in [0.3, 0.4) is 0 Å². The molecule has 0 radical (unpaired) electrons. The van der Waals surface area contributed by atoms with E-state index in [0.29, 0.717) is 26.4 Å². The Bertz CT molecular complexity index is 173. The number of esters is 1. The van der Waals surface area contributed by atoms with Crippen molar-refractivity contribution >= 4 is 5.97 Å². The summed E-state index contributed by atoms with van der Waals surface area (Å²) in [5, 5.41) is 3.14. The maximum atomic E-state index is 10.9. The van der Waals surface area contributed by atoms with Gasteiger partial charge in [0.15, 0.2) is 0 Å². The Labute approximate surface area is 97.4 Å². The van der Waals surface area contributed by atoms with Crippen molar-refractivity contribution in [2.24, 2.45) is 0 Å². The quantitative estimate of drug-likeness (QED) is 0.442. The first-order valence-corrected chi connectivity index (χ1v) is 5.72. The second kappa shape index (κ2) is 10.9. The predicted octanol–water partition coefficient (Wildman–Crippen LogP) is 0.581. The molecule has 0 rings (SSSR count). The summed E-state index contributed by atoms with van der Waals surface area (Å²) in [6, 6.07) is 0. The largest absolute Gasteiger partial charge is 0.464 e. The summed E-state index contributed by atoms with van der Waals surface area (Å²) in [6.45, 7) is 8.89. The Kier molecular flexibility index (Phi) is 10.4. The van der Waals surface area contributed by atoms with E-state index in [9.17, 15) is 4.79 Å². The second-order valence-corrected chi connectivity index (χ2v) is 3.53. The summed E-state index contributed by atoms with van der Waals surface area (Å²) >= 11 is 0. The summed E-state index contributed by atoms with van der Waals surface area (Å²) in [5.41, 5.74) is 0. The van der Waals surface area contributed by atoms with E-state index >= 15 is 0 Å². The fourth-order valence-electron chi connectivity index (χ4n) is 0.994. The van der Waals surface area contributed by atoms with Crippen molar-refractivity contribution in [2.75, 3.05) is 39.5 Å². The van der Waals surface area contributed by atoms with E-state index in [2.05, 4.69) is 5.32 Å². The van der Waals surface area contributed by atoms with Crippen LogP contribution in [0, 0.1) is 0 Å². The van der Waals surface area contributed by atoms with Gasteiger partial charge in [-0.25, -0.2) is 4.79 Å². The molecule has 0 aromatic rings. The molecule has 0 aromatic carbocycles. The first-order chi connectivity index (χ1) is 7.66. The van der Waals surface area contributed by atoms with E-state index in [4.69, 9.17) is 14.2 Å². The zero-order valence-electron chi connectivity index (χ0n) is 10.5. The molecule has 16 heavy (non-hydrogen) atoms. The van der Waals surface area contributed by atoms with Gasteiger partial charge in [0.1, 0.15) is 6.61 Å². The molecule has 0 amide bonds. The molecule has 96 valence electrons. The van der Waals surface area contributed by atoms with Gasteiger partial charge in [0.05, 0.1) is 25.9 Å². The van der Waals surface area contributed by atoms with Crippen molar-refractivity contribution in [2.45, 2.75) is 26.9 Å². The molecule has 0 aliphatic carbocycles. The van der Waals surface area contributed by atoms with Crippen LogP contribution in [0.5, 0.6) is 0 Å². The maximum absolute atomic E-state index is 10.9. The Morgan fingerprint density at radius 1 is 1.25 bits per heavy atom. The Morgan fingerprint density at radius 3 is 2.56 bits per heavy atom. The Morgan fingerprint density at radius 2 is 1.94 bits per heavy atom. The van der Waals surface area contributed by atoms with Gasteiger partial charge in [-0.3, -0.25) is 0 Å². The minimum atomic E-state index is -0.314. The number of hydrogen-bond donors (Lipinski definition) is 1. The summed E-state index contributed by atoms with van der Waals surface area (Å²) in [7, 11) is 0. The zero-order valence-corrected chi connectivity index (χ0v) is 10.5. The molecule has 0 bridgehead atoms. The first kappa shape index (κ1) is 15.3. The smallest absolute Gasteiger partial charge is 0.332 e. The molecule has 0 saturated carbocycles. The Balaban J connectivity index is 3.07. The van der Waals surface area contributed by atoms with Crippen LogP contribution >= 0.6 is 0 Å². The van der Waals surface area contributed by atoms with Crippen LogP contribution in [-0.4, -0.2) is 51.6 Å². The minimum Gasteiger partial charge on any atom is -0.464 e. The van der Waals surface area contributed by atoms with Gasteiger partial charge in [0.2, 0.25) is 0 Å². The van der Waals surface area contributed by atoms with Gasteiger partial charge in [0, 0.05) is 13.1 Å². The molecule has 5 nitrogen and oxygen atoms in total. The lowest BCUT2D eigenvalue weighted by atomic mass is 10.5. The first-order valence-electron chi connectivity index (χ1n) is 5.72. The van der Waals surface area contributed by atoms with Gasteiger partial charge in [-0.05, 0) is 20.8 Å². The molecule has 0 atom stereocenters. The lowest BCUT2D eigenvalue weighted by Gasteiger charge is -2.08. The number of carbonyl (C=O) groups excluding carboxylic acids is 1. The summed E-state index contributed by atoms with van der Waals surface area (Å²) < 4.78 is 15.1. The van der Waals surface area contributed by atoms with E-state index in [1.807, 2.05) is 13.8 Å². The molecule has 0 unspecified atom stereocenters. The lowest BCUT2D eigenvalue weighted by Crippen LogP contribution is -2.26. The fraction of sp³-hybridized carbons (Fsp3) is 0.909. The van der Waals surface area contributed by atoms with E-state index in [0.717, 1.165) is 6.54 Å².